The van der Waals surface area contributed by atoms with Gasteiger partial charge >= 0.3 is 5.97 Å². The molecule has 1 aliphatic carbocycles. The molecule has 0 bridgehead atoms. The minimum atomic E-state index is -0.924. The highest BCUT2D eigenvalue weighted by Gasteiger charge is 2.34. The van der Waals surface area contributed by atoms with Gasteiger partial charge in [-0.2, -0.15) is 5.10 Å². The Hall–Kier alpha value is -1.14. The van der Waals surface area contributed by atoms with Crippen LogP contribution in [0.25, 0.3) is 0 Å². The average molecular weight is 296 g/mol. The van der Waals surface area contributed by atoms with Crippen LogP contribution in [-0.2, 0) is 4.79 Å². The molecule has 2 aliphatic rings. The van der Waals surface area contributed by atoms with Gasteiger partial charge < -0.3 is 5.11 Å². The number of carbonyl (C=O) groups is 1. The van der Waals surface area contributed by atoms with Crippen molar-refractivity contribution < 1.29 is 9.90 Å². The summed E-state index contributed by atoms with van der Waals surface area (Å²) in [6.45, 7) is 5.11. The second kappa shape index (κ2) is 7.75. The molecule has 0 spiro atoms. The van der Waals surface area contributed by atoms with Gasteiger partial charge in [-0.1, -0.05) is 33.1 Å². The molecule has 4 atom stereocenters. The van der Waals surface area contributed by atoms with Gasteiger partial charge in [0.05, 0.1) is 0 Å². The fourth-order valence-electron chi connectivity index (χ4n) is 3.27. The molecular weight excluding hydrogens is 268 g/mol. The average Bonchev–Trinajstić information content (AvgIpc) is 2.50. The van der Waals surface area contributed by atoms with E-state index in [4.69, 9.17) is 0 Å². The van der Waals surface area contributed by atoms with Gasteiger partial charge in [0.15, 0.2) is 0 Å². The minimum Gasteiger partial charge on any atom is -0.477 e. The van der Waals surface area contributed by atoms with E-state index in [1.807, 2.05) is 0 Å². The van der Waals surface area contributed by atoms with Crippen molar-refractivity contribution in [3.63, 3.8) is 0 Å². The van der Waals surface area contributed by atoms with E-state index in [0.29, 0.717) is 24.2 Å². The molecule has 1 heterocycles. The minimum absolute atomic E-state index is 0.0235. The third-order valence-electron chi connectivity index (χ3n) is 4.84. The number of fused-ring (bicyclic) bond motifs is 1. The monoisotopic (exact) mass is 296 g/mol. The fraction of sp³-hybridized carbons (Fsp3) is 0.867. The number of carboxylic acids is 1. The second-order valence-corrected chi connectivity index (χ2v) is 6.42. The van der Waals surface area contributed by atoms with Crippen molar-refractivity contribution in [2.24, 2.45) is 22.9 Å². The number of nitrogens with one attached hydrogen (secondary N) is 3. The van der Waals surface area contributed by atoms with Gasteiger partial charge in [0, 0.05) is 13.0 Å². The molecule has 1 saturated heterocycles. The predicted molar refractivity (Wildman–Crippen MR) is 82.7 cm³/mol. The lowest BCUT2D eigenvalue weighted by atomic mass is 9.77. The van der Waals surface area contributed by atoms with Crippen LogP contribution in [0.1, 0.15) is 52.4 Å². The predicted octanol–water partition coefficient (Wildman–Crippen LogP) is 1.69. The zero-order chi connectivity index (χ0) is 15.2. The highest BCUT2D eigenvalue weighted by molar-refractivity contribution is 6.35. The zero-order valence-corrected chi connectivity index (χ0v) is 13.1. The molecule has 6 nitrogen and oxygen atoms in total. The zero-order valence-electron chi connectivity index (χ0n) is 13.1. The highest BCUT2D eigenvalue weighted by Crippen LogP contribution is 2.32. The standard InChI is InChI=1S/C15H28N4O2/c1-3-10(2)8-13(15(20)21)17-19-14-12-7-5-4-6-11(12)9-16-18-14/h10-12,14,16,18-19H,3-9H2,1-2H3,(H,20,21)/b17-13+. The van der Waals surface area contributed by atoms with Crippen LogP contribution in [0.15, 0.2) is 5.10 Å². The van der Waals surface area contributed by atoms with E-state index in [0.717, 1.165) is 13.0 Å². The molecule has 6 heteroatoms. The molecule has 120 valence electrons. The van der Waals surface area contributed by atoms with Crippen molar-refractivity contribution in [1.82, 2.24) is 16.3 Å². The lowest BCUT2D eigenvalue weighted by Gasteiger charge is -2.41. The topological polar surface area (TPSA) is 85.8 Å². The molecule has 4 unspecified atom stereocenters. The first-order valence-corrected chi connectivity index (χ1v) is 8.15. The van der Waals surface area contributed by atoms with Gasteiger partial charge in [-0.3, -0.25) is 10.9 Å². The summed E-state index contributed by atoms with van der Waals surface area (Å²) in [7, 11) is 0. The smallest absolute Gasteiger partial charge is 0.352 e. The van der Waals surface area contributed by atoms with Gasteiger partial charge in [0.25, 0.3) is 0 Å². The molecule has 21 heavy (non-hydrogen) atoms. The summed E-state index contributed by atoms with van der Waals surface area (Å²) in [6, 6.07) is 0. The maximum atomic E-state index is 11.3. The van der Waals surface area contributed by atoms with Crippen LogP contribution in [0.2, 0.25) is 0 Å². The summed E-state index contributed by atoms with van der Waals surface area (Å²) >= 11 is 0. The highest BCUT2D eigenvalue weighted by atomic mass is 16.4. The quantitative estimate of drug-likeness (QED) is 0.443. The lowest BCUT2D eigenvalue weighted by Crippen LogP contribution is -2.61. The first kappa shape index (κ1) is 16.2. The third kappa shape index (κ3) is 4.41. The molecule has 0 aromatic carbocycles. The van der Waals surface area contributed by atoms with E-state index in [1.54, 1.807) is 0 Å². The largest absolute Gasteiger partial charge is 0.477 e. The van der Waals surface area contributed by atoms with Crippen LogP contribution in [0.4, 0.5) is 0 Å². The van der Waals surface area contributed by atoms with Crippen molar-refractivity contribution in [1.29, 1.82) is 0 Å². The Morgan fingerprint density at radius 3 is 2.90 bits per heavy atom. The fourth-order valence-corrected chi connectivity index (χ4v) is 3.27. The number of rotatable bonds is 6. The Bertz CT molecular complexity index is 384. The molecule has 1 saturated carbocycles. The van der Waals surface area contributed by atoms with Crippen LogP contribution in [0.5, 0.6) is 0 Å². The summed E-state index contributed by atoms with van der Waals surface area (Å²) in [6.07, 6.45) is 6.47. The molecule has 0 radical (unpaired) electrons. The summed E-state index contributed by atoms with van der Waals surface area (Å²) < 4.78 is 0. The van der Waals surface area contributed by atoms with E-state index in [9.17, 15) is 9.90 Å². The normalized spacial score (nSPS) is 31.3. The molecule has 2 rings (SSSR count). The SMILES string of the molecule is CCC(C)C/C(=N\NC1NNCC2CCCCC21)C(=O)O. The first-order chi connectivity index (χ1) is 10.1. The van der Waals surface area contributed by atoms with Crippen molar-refractivity contribution in [2.45, 2.75) is 58.5 Å². The summed E-state index contributed by atoms with van der Waals surface area (Å²) in [5.74, 6) is 0.603. The van der Waals surface area contributed by atoms with E-state index < -0.39 is 5.97 Å². The summed E-state index contributed by atoms with van der Waals surface area (Å²) in [4.78, 5) is 11.3. The van der Waals surface area contributed by atoms with E-state index >= 15 is 0 Å². The molecule has 0 aromatic rings. The summed E-state index contributed by atoms with van der Waals surface area (Å²) in [5, 5.41) is 13.5. The van der Waals surface area contributed by atoms with Gasteiger partial charge in [0.2, 0.25) is 0 Å². The number of nitrogens with zero attached hydrogens (tertiary/aromatic N) is 1. The Morgan fingerprint density at radius 2 is 2.19 bits per heavy atom. The number of hydrazine groups is 1. The van der Waals surface area contributed by atoms with Gasteiger partial charge in [-0.25, -0.2) is 10.2 Å². The Kier molecular flexibility index (Phi) is 5.99. The molecule has 2 fully saturated rings. The number of carboxylic acid groups (broad SMARTS) is 1. The number of aliphatic carboxylic acids is 1. The van der Waals surface area contributed by atoms with Crippen LogP contribution in [0.3, 0.4) is 0 Å². The van der Waals surface area contributed by atoms with Crippen molar-refractivity contribution >= 4 is 11.7 Å². The van der Waals surface area contributed by atoms with Crippen molar-refractivity contribution in [3.05, 3.63) is 0 Å². The molecular formula is C15H28N4O2. The van der Waals surface area contributed by atoms with E-state index in [1.165, 1.54) is 25.7 Å². The second-order valence-electron chi connectivity index (χ2n) is 6.42. The maximum Gasteiger partial charge on any atom is 0.352 e. The molecule has 0 amide bonds. The van der Waals surface area contributed by atoms with Crippen LogP contribution >= 0.6 is 0 Å². The number of hydrogen-bond acceptors (Lipinski definition) is 5. The van der Waals surface area contributed by atoms with Crippen molar-refractivity contribution in [2.75, 3.05) is 6.54 Å². The Morgan fingerprint density at radius 1 is 1.43 bits per heavy atom. The van der Waals surface area contributed by atoms with E-state index in [2.05, 4.69) is 35.2 Å². The van der Waals surface area contributed by atoms with Gasteiger partial charge in [-0.05, 0) is 30.6 Å². The van der Waals surface area contributed by atoms with Crippen LogP contribution in [-0.4, -0.2) is 29.5 Å². The van der Waals surface area contributed by atoms with Crippen LogP contribution in [0, 0.1) is 17.8 Å². The molecule has 1 aliphatic heterocycles. The number of hydrazone groups is 1. The van der Waals surface area contributed by atoms with Gasteiger partial charge in [-0.15, -0.1) is 0 Å². The molecule has 4 N–H and O–H groups in total. The van der Waals surface area contributed by atoms with E-state index in [-0.39, 0.29) is 11.9 Å². The Balaban J connectivity index is 1.97. The lowest BCUT2D eigenvalue weighted by molar-refractivity contribution is -0.129. The van der Waals surface area contributed by atoms with Crippen molar-refractivity contribution in [3.8, 4) is 0 Å². The van der Waals surface area contributed by atoms with Gasteiger partial charge in [0.1, 0.15) is 11.9 Å². The number of hydrogen-bond donors (Lipinski definition) is 4. The maximum absolute atomic E-state index is 11.3. The first-order valence-electron chi connectivity index (χ1n) is 8.15. The Labute approximate surface area is 126 Å². The summed E-state index contributed by atoms with van der Waals surface area (Å²) in [5.41, 5.74) is 9.72. The third-order valence-corrected chi connectivity index (χ3v) is 4.84. The van der Waals surface area contributed by atoms with Crippen LogP contribution < -0.4 is 16.3 Å². The molecule has 0 aromatic heterocycles.